The summed E-state index contributed by atoms with van der Waals surface area (Å²) in [5.41, 5.74) is 1.07. The molecule has 0 atom stereocenters. The third kappa shape index (κ3) is 3.94. The Labute approximate surface area is 148 Å². The number of carboxylic acid groups (broad SMARTS) is 1. The SMILES string of the molecule is O=C(O)CC1(NC(=O)Cc2csc(-c3ccc(Cl)cc3)n2)CCC1. The molecule has 2 N–H and O–H groups in total. The Morgan fingerprint density at radius 3 is 2.58 bits per heavy atom. The van der Waals surface area contributed by atoms with E-state index in [4.69, 9.17) is 16.7 Å². The van der Waals surface area contributed by atoms with Gasteiger partial charge >= 0.3 is 5.97 Å². The molecule has 126 valence electrons. The topological polar surface area (TPSA) is 79.3 Å². The fraction of sp³-hybridized carbons (Fsp3) is 0.353. The lowest BCUT2D eigenvalue weighted by molar-refractivity contribution is -0.140. The zero-order chi connectivity index (χ0) is 17.2. The second-order valence-corrected chi connectivity index (χ2v) is 7.37. The second-order valence-electron chi connectivity index (χ2n) is 6.08. The normalized spacial score (nSPS) is 15.5. The lowest BCUT2D eigenvalue weighted by Crippen LogP contribution is -2.55. The molecule has 0 aliphatic heterocycles. The molecule has 2 aromatic rings. The van der Waals surface area contributed by atoms with Crippen molar-refractivity contribution in [3.05, 3.63) is 40.4 Å². The molecule has 0 spiro atoms. The Bertz CT molecular complexity index is 753. The summed E-state index contributed by atoms with van der Waals surface area (Å²) in [6.45, 7) is 0. The van der Waals surface area contributed by atoms with Crippen LogP contribution < -0.4 is 5.32 Å². The fourth-order valence-electron chi connectivity index (χ4n) is 2.86. The largest absolute Gasteiger partial charge is 0.481 e. The van der Waals surface area contributed by atoms with Crippen LogP contribution in [-0.4, -0.2) is 27.5 Å². The Balaban J connectivity index is 1.63. The van der Waals surface area contributed by atoms with Crippen molar-refractivity contribution < 1.29 is 14.7 Å². The number of carbonyl (C=O) groups excluding carboxylic acids is 1. The van der Waals surface area contributed by atoms with Crippen molar-refractivity contribution in [2.24, 2.45) is 0 Å². The third-order valence-corrected chi connectivity index (χ3v) is 5.38. The maximum absolute atomic E-state index is 12.2. The summed E-state index contributed by atoms with van der Waals surface area (Å²) < 4.78 is 0. The minimum absolute atomic E-state index is 0.0220. The van der Waals surface area contributed by atoms with E-state index in [1.807, 2.05) is 17.5 Å². The van der Waals surface area contributed by atoms with Crippen molar-refractivity contribution in [2.75, 3.05) is 0 Å². The molecule has 1 aromatic carbocycles. The Morgan fingerprint density at radius 2 is 2.00 bits per heavy atom. The molecule has 1 aliphatic carbocycles. The van der Waals surface area contributed by atoms with Crippen LogP contribution in [0.3, 0.4) is 0 Å². The van der Waals surface area contributed by atoms with Gasteiger partial charge in [-0.3, -0.25) is 9.59 Å². The van der Waals surface area contributed by atoms with Crippen molar-refractivity contribution in [3.8, 4) is 10.6 Å². The van der Waals surface area contributed by atoms with Gasteiger partial charge in [0.1, 0.15) is 5.01 Å². The van der Waals surface area contributed by atoms with Crippen molar-refractivity contribution in [1.29, 1.82) is 0 Å². The van der Waals surface area contributed by atoms with Crippen molar-refractivity contribution in [3.63, 3.8) is 0 Å². The van der Waals surface area contributed by atoms with Crippen molar-refractivity contribution in [2.45, 2.75) is 37.6 Å². The van der Waals surface area contributed by atoms with E-state index in [9.17, 15) is 9.59 Å². The average Bonchev–Trinajstić information content (AvgIpc) is 2.93. The minimum atomic E-state index is -0.881. The first-order valence-corrected chi connectivity index (χ1v) is 8.95. The average molecular weight is 365 g/mol. The number of hydrogen-bond acceptors (Lipinski definition) is 4. The van der Waals surface area contributed by atoms with Gasteiger partial charge < -0.3 is 10.4 Å². The maximum Gasteiger partial charge on any atom is 0.305 e. The van der Waals surface area contributed by atoms with Gasteiger partial charge in [-0.05, 0) is 31.4 Å². The number of amides is 1. The highest BCUT2D eigenvalue weighted by atomic mass is 35.5. The van der Waals surface area contributed by atoms with E-state index in [0.717, 1.165) is 29.8 Å². The van der Waals surface area contributed by atoms with Crippen LogP contribution in [0.1, 0.15) is 31.4 Å². The summed E-state index contributed by atoms with van der Waals surface area (Å²) in [4.78, 5) is 27.7. The first kappa shape index (κ1) is 16.9. The summed E-state index contributed by atoms with van der Waals surface area (Å²) in [5, 5.41) is 15.2. The van der Waals surface area contributed by atoms with E-state index >= 15 is 0 Å². The molecule has 7 heteroatoms. The van der Waals surface area contributed by atoms with E-state index < -0.39 is 11.5 Å². The van der Waals surface area contributed by atoms with E-state index in [0.29, 0.717) is 10.7 Å². The standard InChI is InChI=1S/C17H17ClN2O3S/c18-12-4-2-11(3-5-12)16-19-13(10-24-16)8-14(21)20-17(6-1-7-17)9-15(22)23/h2-5,10H,1,6-9H2,(H,20,21)(H,22,23). The van der Waals surface area contributed by atoms with Crippen LogP contribution >= 0.6 is 22.9 Å². The van der Waals surface area contributed by atoms with Crippen LogP contribution in [0.25, 0.3) is 10.6 Å². The third-order valence-electron chi connectivity index (χ3n) is 4.19. The van der Waals surface area contributed by atoms with Crippen LogP contribution in [0.5, 0.6) is 0 Å². The first-order chi connectivity index (χ1) is 11.5. The van der Waals surface area contributed by atoms with Gasteiger partial charge in [-0.25, -0.2) is 4.98 Å². The Hall–Kier alpha value is -1.92. The van der Waals surface area contributed by atoms with Gasteiger partial charge in [0.05, 0.1) is 24.1 Å². The van der Waals surface area contributed by atoms with E-state index in [2.05, 4.69) is 10.3 Å². The number of halogens is 1. The number of nitrogens with zero attached hydrogens (tertiary/aromatic N) is 1. The number of benzene rings is 1. The predicted molar refractivity (Wildman–Crippen MR) is 93.2 cm³/mol. The van der Waals surface area contributed by atoms with Crippen LogP contribution in [0.4, 0.5) is 0 Å². The molecule has 0 unspecified atom stereocenters. The first-order valence-electron chi connectivity index (χ1n) is 7.69. The lowest BCUT2D eigenvalue weighted by Gasteiger charge is -2.41. The number of carboxylic acids is 1. The van der Waals surface area contributed by atoms with Crippen LogP contribution in [-0.2, 0) is 16.0 Å². The highest BCUT2D eigenvalue weighted by molar-refractivity contribution is 7.13. The van der Waals surface area contributed by atoms with E-state index in [1.54, 1.807) is 12.1 Å². The van der Waals surface area contributed by atoms with Crippen LogP contribution in [0, 0.1) is 0 Å². The number of rotatable bonds is 6. The molecular formula is C17H17ClN2O3S. The number of nitrogens with one attached hydrogen (secondary N) is 1. The zero-order valence-corrected chi connectivity index (χ0v) is 14.5. The van der Waals surface area contributed by atoms with Crippen molar-refractivity contribution in [1.82, 2.24) is 10.3 Å². The quantitative estimate of drug-likeness (QED) is 0.821. The van der Waals surface area contributed by atoms with E-state index in [1.165, 1.54) is 11.3 Å². The number of aromatic nitrogens is 1. The molecule has 1 aliphatic rings. The molecule has 0 radical (unpaired) electrons. The molecule has 1 amide bonds. The number of carbonyl (C=O) groups is 2. The van der Waals surface area contributed by atoms with Gasteiger partial charge in [0.2, 0.25) is 5.91 Å². The summed E-state index contributed by atoms with van der Waals surface area (Å²) >= 11 is 7.35. The van der Waals surface area contributed by atoms with E-state index in [-0.39, 0.29) is 18.7 Å². The van der Waals surface area contributed by atoms with Crippen molar-refractivity contribution >= 4 is 34.8 Å². The summed E-state index contributed by atoms with van der Waals surface area (Å²) in [6.07, 6.45) is 2.53. The molecule has 5 nitrogen and oxygen atoms in total. The van der Waals surface area contributed by atoms with Crippen LogP contribution in [0.15, 0.2) is 29.6 Å². The Morgan fingerprint density at radius 1 is 1.29 bits per heavy atom. The smallest absolute Gasteiger partial charge is 0.305 e. The molecule has 0 saturated heterocycles. The van der Waals surface area contributed by atoms with Gasteiger partial charge in [0.25, 0.3) is 0 Å². The maximum atomic E-state index is 12.2. The summed E-state index contributed by atoms with van der Waals surface area (Å²) in [6, 6.07) is 7.39. The number of aliphatic carboxylic acids is 1. The van der Waals surface area contributed by atoms with Gasteiger partial charge in [0.15, 0.2) is 0 Å². The molecule has 3 rings (SSSR count). The summed E-state index contributed by atoms with van der Waals surface area (Å²) in [7, 11) is 0. The highest BCUT2D eigenvalue weighted by Gasteiger charge is 2.40. The monoisotopic (exact) mass is 364 g/mol. The highest BCUT2D eigenvalue weighted by Crippen LogP contribution is 2.35. The van der Waals surface area contributed by atoms with Gasteiger partial charge in [-0.1, -0.05) is 23.7 Å². The van der Waals surface area contributed by atoms with Crippen LogP contribution in [0.2, 0.25) is 5.02 Å². The Kier molecular flexibility index (Phi) is 4.87. The van der Waals surface area contributed by atoms with Gasteiger partial charge in [-0.2, -0.15) is 0 Å². The van der Waals surface area contributed by atoms with Gasteiger partial charge in [-0.15, -0.1) is 11.3 Å². The molecule has 1 heterocycles. The fourth-order valence-corrected chi connectivity index (χ4v) is 3.81. The molecular weight excluding hydrogens is 348 g/mol. The zero-order valence-electron chi connectivity index (χ0n) is 12.9. The predicted octanol–water partition coefficient (Wildman–Crippen LogP) is 3.52. The summed E-state index contributed by atoms with van der Waals surface area (Å²) in [5.74, 6) is -1.06. The lowest BCUT2D eigenvalue weighted by atomic mass is 9.74. The number of hydrogen-bond donors (Lipinski definition) is 2. The molecule has 0 bridgehead atoms. The van der Waals surface area contributed by atoms with Gasteiger partial charge in [0, 0.05) is 16.0 Å². The molecule has 24 heavy (non-hydrogen) atoms. The molecule has 1 saturated carbocycles. The molecule has 1 fully saturated rings. The second kappa shape index (κ2) is 6.91. The molecule has 1 aromatic heterocycles. The minimum Gasteiger partial charge on any atom is -0.481 e. The number of thiazole rings is 1.